The highest BCUT2D eigenvalue weighted by Crippen LogP contribution is 2.20. The summed E-state index contributed by atoms with van der Waals surface area (Å²) in [5.41, 5.74) is 1.17. The minimum atomic E-state index is 0.745. The van der Waals surface area contributed by atoms with Gasteiger partial charge in [0, 0.05) is 38.0 Å². The summed E-state index contributed by atoms with van der Waals surface area (Å²) in [6, 6.07) is 2.10. The lowest BCUT2D eigenvalue weighted by atomic mass is 10.3. The number of rotatable bonds is 5. The zero-order valence-corrected chi connectivity index (χ0v) is 11.9. The Kier molecular flexibility index (Phi) is 5.13. The van der Waals surface area contributed by atoms with Gasteiger partial charge in [-0.3, -0.25) is 4.98 Å². The molecule has 0 atom stereocenters. The van der Waals surface area contributed by atoms with Crippen LogP contribution in [0.25, 0.3) is 0 Å². The highest BCUT2D eigenvalue weighted by molar-refractivity contribution is 7.98. The van der Waals surface area contributed by atoms with Gasteiger partial charge in [0.2, 0.25) is 0 Å². The van der Waals surface area contributed by atoms with Crippen molar-refractivity contribution in [2.75, 3.05) is 56.7 Å². The molecule has 0 amide bonds. The zero-order valence-electron chi connectivity index (χ0n) is 11.1. The summed E-state index contributed by atoms with van der Waals surface area (Å²) in [6.45, 7) is 5.09. The monoisotopic (exact) mass is 267 g/mol. The van der Waals surface area contributed by atoms with E-state index in [1.165, 1.54) is 5.69 Å². The Balaban J connectivity index is 1.94. The Hall–Kier alpha value is -0.940. The number of hydrogen-bond acceptors (Lipinski definition) is 5. The molecule has 4 nitrogen and oxygen atoms in total. The third kappa shape index (κ3) is 3.78. The Labute approximate surface area is 113 Å². The Morgan fingerprint density at radius 3 is 2.78 bits per heavy atom. The molecule has 5 heteroatoms. The predicted molar refractivity (Wildman–Crippen MR) is 77.8 cm³/mol. The van der Waals surface area contributed by atoms with Crippen LogP contribution in [0.1, 0.15) is 0 Å². The summed E-state index contributed by atoms with van der Waals surface area (Å²) >= 11 is 1.79. The maximum atomic E-state index is 5.68. The first-order valence-electron chi connectivity index (χ1n) is 6.30. The molecular weight excluding hydrogens is 246 g/mol. The van der Waals surface area contributed by atoms with Gasteiger partial charge in [0.15, 0.2) is 0 Å². The number of piperazine rings is 1. The SMILES string of the molecule is CSCCOc1cncc(N2CCN(C)CC2)c1. The molecule has 1 aliphatic heterocycles. The molecule has 1 aromatic rings. The molecule has 100 valence electrons. The van der Waals surface area contributed by atoms with E-state index in [1.54, 1.807) is 18.0 Å². The third-order valence-corrected chi connectivity index (χ3v) is 3.70. The van der Waals surface area contributed by atoms with Crippen molar-refractivity contribution in [2.24, 2.45) is 0 Å². The molecule has 0 spiro atoms. The van der Waals surface area contributed by atoms with Crippen molar-refractivity contribution in [3.63, 3.8) is 0 Å². The number of likely N-dealkylation sites (N-methyl/N-ethyl adjacent to an activating group) is 1. The number of hydrogen-bond donors (Lipinski definition) is 0. The number of ether oxygens (including phenoxy) is 1. The molecule has 0 aliphatic carbocycles. The molecule has 0 N–H and O–H groups in total. The van der Waals surface area contributed by atoms with Crippen LogP contribution in [-0.4, -0.2) is 61.7 Å². The number of aromatic nitrogens is 1. The van der Waals surface area contributed by atoms with E-state index in [2.05, 4.69) is 34.2 Å². The summed E-state index contributed by atoms with van der Waals surface area (Å²) in [6.07, 6.45) is 5.80. The van der Waals surface area contributed by atoms with Gasteiger partial charge in [-0.2, -0.15) is 11.8 Å². The van der Waals surface area contributed by atoms with Crippen LogP contribution in [-0.2, 0) is 0 Å². The van der Waals surface area contributed by atoms with Crippen molar-refractivity contribution in [1.82, 2.24) is 9.88 Å². The second-order valence-corrected chi connectivity index (χ2v) is 5.50. The van der Waals surface area contributed by atoms with Gasteiger partial charge in [-0.25, -0.2) is 0 Å². The smallest absolute Gasteiger partial charge is 0.139 e. The highest BCUT2D eigenvalue weighted by Gasteiger charge is 2.14. The molecule has 1 fully saturated rings. The van der Waals surface area contributed by atoms with E-state index >= 15 is 0 Å². The standard InChI is InChI=1S/C13H21N3OS/c1-15-3-5-16(6-4-15)12-9-13(11-14-10-12)17-7-8-18-2/h9-11H,3-8H2,1-2H3. The molecule has 1 aromatic heterocycles. The second-order valence-electron chi connectivity index (χ2n) is 4.51. The molecule has 2 heterocycles. The van der Waals surface area contributed by atoms with Gasteiger partial charge in [-0.05, 0) is 13.3 Å². The summed E-state index contributed by atoms with van der Waals surface area (Å²) in [4.78, 5) is 8.99. The molecule has 0 radical (unpaired) electrons. The predicted octanol–water partition coefficient (Wildman–Crippen LogP) is 1.58. The van der Waals surface area contributed by atoms with E-state index in [4.69, 9.17) is 4.74 Å². The van der Waals surface area contributed by atoms with Crippen LogP contribution in [0.3, 0.4) is 0 Å². The summed E-state index contributed by atoms with van der Waals surface area (Å²) in [5.74, 6) is 1.89. The summed E-state index contributed by atoms with van der Waals surface area (Å²) < 4.78 is 5.68. The molecule has 1 saturated heterocycles. The molecule has 18 heavy (non-hydrogen) atoms. The van der Waals surface area contributed by atoms with Crippen LogP contribution in [0.15, 0.2) is 18.5 Å². The first-order chi connectivity index (χ1) is 8.79. The Morgan fingerprint density at radius 1 is 1.28 bits per heavy atom. The maximum Gasteiger partial charge on any atom is 0.139 e. The topological polar surface area (TPSA) is 28.6 Å². The third-order valence-electron chi connectivity index (χ3n) is 3.12. The van der Waals surface area contributed by atoms with E-state index in [0.717, 1.165) is 44.3 Å². The van der Waals surface area contributed by atoms with E-state index in [0.29, 0.717) is 0 Å². The van der Waals surface area contributed by atoms with E-state index < -0.39 is 0 Å². The van der Waals surface area contributed by atoms with Crippen LogP contribution >= 0.6 is 11.8 Å². The molecule has 0 saturated carbocycles. The fourth-order valence-electron chi connectivity index (χ4n) is 1.97. The zero-order chi connectivity index (χ0) is 12.8. The van der Waals surface area contributed by atoms with Gasteiger partial charge >= 0.3 is 0 Å². The van der Waals surface area contributed by atoms with Gasteiger partial charge in [0.05, 0.1) is 24.7 Å². The lowest BCUT2D eigenvalue weighted by Gasteiger charge is -2.33. The number of pyridine rings is 1. The maximum absolute atomic E-state index is 5.68. The van der Waals surface area contributed by atoms with Gasteiger partial charge in [-0.1, -0.05) is 0 Å². The van der Waals surface area contributed by atoms with Gasteiger partial charge in [-0.15, -0.1) is 0 Å². The highest BCUT2D eigenvalue weighted by atomic mass is 32.2. The lowest BCUT2D eigenvalue weighted by molar-refractivity contribution is 0.312. The summed E-state index contributed by atoms with van der Waals surface area (Å²) in [7, 11) is 2.16. The molecular formula is C13H21N3OS. The second kappa shape index (κ2) is 6.85. The quantitative estimate of drug-likeness (QED) is 0.755. The molecule has 1 aliphatic rings. The largest absolute Gasteiger partial charge is 0.491 e. The normalized spacial score (nSPS) is 16.9. The fraction of sp³-hybridized carbons (Fsp3) is 0.615. The van der Waals surface area contributed by atoms with Crippen molar-refractivity contribution < 1.29 is 4.74 Å². The van der Waals surface area contributed by atoms with E-state index in [9.17, 15) is 0 Å². The van der Waals surface area contributed by atoms with Crippen LogP contribution in [0.2, 0.25) is 0 Å². The fourth-order valence-corrected chi connectivity index (χ4v) is 2.22. The molecule has 2 rings (SSSR count). The lowest BCUT2D eigenvalue weighted by Crippen LogP contribution is -2.44. The first-order valence-corrected chi connectivity index (χ1v) is 7.69. The average Bonchev–Trinajstić information content (AvgIpc) is 2.40. The number of thioether (sulfide) groups is 1. The Morgan fingerprint density at radius 2 is 2.06 bits per heavy atom. The minimum absolute atomic E-state index is 0.745. The van der Waals surface area contributed by atoms with E-state index in [-0.39, 0.29) is 0 Å². The van der Waals surface area contributed by atoms with Crippen molar-refractivity contribution in [2.45, 2.75) is 0 Å². The average molecular weight is 267 g/mol. The first kappa shape index (κ1) is 13.5. The van der Waals surface area contributed by atoms with Crippen LogP contribution in [0, 0.1) is 0 Å². The number of nitrogens with zero attached hydrogens (tertiary/aromatic N) is 3. The van der Waals surface area contributed by atoms with Crippen molar-refractivity contribution in [3.05, 3.63) is 18.5 Å². The van der Waals surface area contributed by atoms with Gasteiger partial charge < -0.3 is 14.5 Å². The molecule has 0 bridgehead atoms. The minimum Gasteiger partial charge on any atom is -0.491 e. The molecule has 0 unspecified atom stereocenters. The van der Waals surface area contributed by atoms with Crippen LogP contribution < -0.4 is 9.64 Å². The van der Waals surface area contributed by atoms with Crippen molar-refractivity contribution in [1.29, 1.82) is 0 Å². The molecule has 0 aromatic carbocycles. The van der Waals surface area contributed by atoms with Gasteiger partial charge in [0.1, 0.15) is 5.75 Å². The van der Waals surface area contributed by atoms with E-state index in [1.807, 2.05) is 6.20 Å². The van der Waals surface area contributed by atoms with Crippen LogP contribution in [0.5, 0.6) is 5.75 Å². The van der Waals surface area contributed by atoms with Crippen molar-refractivity contribution in [3.8, 4) is 5.75 Å². The van der Waals surface area contributed by atoms with Crippen molar-refractivity contribution >= 4 is 17.4 Å². The number of anilines is 1. The van der Waals surface area contributed by atoms with Crippen LogP contribution in [0.4, 0.5) is 5.69 Å². The summed E-state index contributed by atoms with van der Waals surface area (Å²) in [5, 5.41) is 0. The Bertz CT molecular complexity index is 367. The van der Waals surface area contributed by atoms with Gasteiger partial charge in [0.25, 0.3) is 0 Å².